The third-order valence-electron chi connectivity index (χ3n) is 6.49. The second kappa shape index (κ2) is 34.3. The van der Waals surface area contributed by atoms with Crippen molar-refractivity contribution < 1.29 is 76.9 Å². The molecular formula is C32H58N4O16. The van der Waals surface area contributed by atoms with Crippen molar-refractivity contribution in [2.24, 2.45) is 0 Å². The molecular weight excluding hydrogens is 696 g/mol. The monoisotopic (exact) mass is 754 g/mol. The van der Waals surface area contributed by atoms with E-state index < -0.39 is 48.0 Å². The Hall–Kier alpha value is -3.82. The molecule has 0 aliphatic rings. The van der Waals surface area contributed by atoms with Crippen LogP contribution >= 0.6 is 0 Å². The number of aliphatic carboxylic acids is 2. The summed E-state index contributed by atoms with van der Waals surface area (Å²) in [6, 6.07) is -3.83. The van der Waals surface area contributed by atoms with Crippen molar-refractivity contribution in [3.63, 3.8) is 0 Å². The van der Waals surface area contributed by atoms with Crippen LogP contribution in [0.15, 0.2) is 0 Å². The van der Waals surface area contributed by atoms with E-state index in [-0.39, 0.29) is 78.4 Å². The summed E-state index contributed by atoms with van der Waals surface area (Å²) in [6.07, 6.45) is -0.305. The maximum atomic E-state index is 12.5. The number of ether oxygens (including phenoxy) is 8. The zero-order chi connectivity index (χ0) is 38.7. The van der Waals surface area contributed by atoms with Gasteiger partial charge >= 0.3 is 35.9 Å². The first-order valence-corrected chi connectivity index (χ1v) is 17.4. The Bertz CT molecular complexity index is 914. The van der Waals surface area contributed by atoms with Gasteiger partial charge in [-0.1, -0.05) is 0 Å². The van der Waals surface area contributed by atoms with Gasteiger partial charge in [-0.15, -0.1) is 0 Å². The fourth-order valence-corrected chi connectivity index (χ4v) is 3.88. The number of carboxylic acid groups (broad SMARTS) is 2. The molecule has 4 amide bonds. The maximum Gasteiger partial charge on any atom is 0.328 e. The van der Waals surface area contributed by atoms with Crippen LogP contribution in [0.4, 0.5) is 9.59 Å². The molecule has 0 rings (SSSR count). The topological polar surface area (TPSA) is 265 Å². The van der Waals surface area contributed by atoms with Crippen LogP contribution < -0.4 is 21.3 Å². The molecule has 20 nitrogen and oxygen atoms in total. The van der Waals surface area contributed by atoms with Gasteiger partial charge in [0.15, 0.2) is 0 Å². The summed E-state index contributed by atoms with van der Waals surface area (Å²) in [6.45, 7) is 8.30. The number of rotatable bonds is 35. The lowest BCUT2D eigenvalue weighted by Gasteiger charge is -2.18. The number of carboxylic acids is 2. The molecule has 0 aromatic heterocycles. The lowest BCUT2D eigenvalue weighted by atomic mass is 10.1. The molecule has 52 heavy (non-hydrogen) atoms. The van der Waals surface area contributed by atoms with Crippen molar-refractivity contribution in [1.29, 1.82) is 0 Å². The Kier molecular flexibility index (Phi) is 31.8. The van der Waals surface area contributed by atoms with Crippen molar-refractivity contribution in [2.75, 3.05) is 106 Å². The highest BCUT2D eigenvalue weighted by Crippen LogP contribution is 2.03. The van der Waals surface area contributed by atoms with Gasteiger partial charge in [-0.05, 0) is 39.5 Å². The zero-order valence-electron chi connectivity index (χ0n) is 30.3. The van der Waals surface area contributed by atoms with Crippen LogP contribution in [0.25, 0.3) is 0 Å². The number of unbranched alkanes of at least 4 members (excludes halogenated alkanes) is 1. The molecule has 2 atom stereocenters. The van der Waals surface area contributed by atoms with E-state index in [2.05, 4.69) is 21.3 Å². The number of urea groups is 2. The smallest absolute Gasteiger partial charge is 0.328 e. The van der Waals surface area contributed by atoms with Crippen LogP contribution in [0, 0.1) is 0 Å². The second-order valence-corrected chi connectivity index (χ2v) is 10.7. The van der Waals surface area contributed by atoms with Gasteiger partial charge in [-0.3, -0.25) is 9.59 Å². The van der Waals surface area contributed by atoms with E-state index >= 15 is 0 Å². The van der Waals surface area contributed by atoms with Crippen molar-refractivity contribution in [2.45, 2.75) is 64.5 Å². The van der Waals surface area contributed by atoms with Crippen molar-refractivity contribution in [3.8, 4) is 0 Å². The molecule has 0 aliphatic carbocycles. The largest absolute Gasteiger partial charge is 0.481 e. The molecule has 0 spiro atoms. The first-order chi connectivity index (χ1) is 25.1. The van der Waals surface area contributed by atoms with Crippen LogP contribution in [0.5, 0.6) is 0 Å². The van der Waals surface area contributed by atoms with Crippen molar-refractivity contribution in [1.82, 2.24) is 21.3 Å². The zero-order valence-corrected chi connectivity index (χ0v) is 30.3. The SMILES string of the molecule is CCOCCOCCOCCOC(=O)[C@H](CCC(=O)O)NC(=O)NCCCCNC(=O)N[C@@H](CCC(=O)O)C(=O)OCCOCCOCCOCC. The summed E-state index contributed by atoms with van der Waals surface area (Å²) in [5, 5.41) is 27.9. The Morgan fingerprint density at radius 2 is 0.788 bits per heavy atom. The molecule has 0 aromatic carbocycles. The van der Waals surface area contributed by atoms with Gasteiger partial charge in [-0.2, -0.15) is 0 Å². The summed E-state index contributed by atoms with van der Waals surface area (Å²) < 4.78 is 41.8. The fourth-order valence-electron chi connectivity index (χ4n) is 3.88. The number of nitrogens with one attached hydrogen (secondary N) is 4. The van der Waals surface area contributed by atoms with Crippen LogP contribution in [0.2, 0.25) is 0 Å². The number of hydrogen-bond donors (Lipinski definition) is 6. The van der Waals surface area contributed by atoms with Gasteiger partial charge in [0, 0.05) is 39.1 Å². The first-order valence-electron chi connectivity index (χ1n) is 17.4. The molecule has 0 fully saturated rings. The molecule has 302 valence electrons. The average Bonchev–Trinajstić information content (AvgIpc) is 3.11. The number of carbonyl (C=O) groups is 6. The van der Waals surface area contributed by atoms with Crippen LogP contribution in [0.3, 0.4) is 0 Å². The van der Waals surface area contributed by atoms with Crippen LogP contribution in [-0.4, -0.2) is 164 Å². The minimum Gasteiger partial charge on any atom is -0.481 e. The molecule has 0 aliphatic heterocycles. The minimum absolute atomic E-state index is 0.0834. The lowest BCUT2D eigenvalue weighted by molar-refractivity contribution is -0.149. The van der Waals surface area contributed by atoms with Gasteiger partial charge in [-0.25, -0.2) is 19.2 Å². The number of esters is 2. The molecule has 20 heteroatoms. The molecule has 0 saturated carbocycles. The molecule has 6 N–H and O–H groups in total. The third kappa shape index (κ3) is 31.0. The third-order valence-corrected chi connectivity index (χ3v) is 6.49. The highest BCUT2D eigenvalue weighted by atomic mass is 16.6. The Morgan fingerprint density at radius 1 is 0.481 bits per heavy atom. The first kappa shape index (κ1) is 48.2. The average molecular weight is 755 g/mol. The summed E-state index contributed by atoms with van der Waals surface area (Å²) in [7, 11) is 0. The Labute approximate surface area is 304 Å². The van der Waals surface area contributed by atoms with Gasteiger partial charge < -0.3 is 69.4 Å². The molecule has 0 saturated heterocycles. The molecule has 0 unspecified atom stereocenters. The highest BCUT2D eigenvalue weighted by Gasteiger charge is 2.24. The van der Waals surface area contributed by atoms with E-state index in [1.165, 1.54) is 0 Å². The molecule has 0 radical (unpaired) electrons. The molecule has 0 bridgehead atoms. The van der Waals surface area contributed by atoms with Gasteiger partial charge in [0.2, 0.25) is 0 Å². The van der Waals surface area contributed by atoms with Gasteiger partial charge in [0.05, 0.1) is 66.1 Å². The number of amides is 4. The number of hydrogen-bond acceptors (Lipinski definition) is 14. The van der Waals surface area contributed by atoms with E-state index in [9.17, 15) is 28.8 Å². The maximum absolute atomic E-state index is 12.5. The quantitative estimate of drug-likeness (QED) is 0.0369. The predicted octanol–water partition coefficient (Wildman–Crippen LogP) is 0.0576. The second-order valence-electron chi connectivity index (χ2n) is 10.7. The summed E-state index contributed by atoms with van der Waals surface area (Å²) in [4.78, 5) is 71.7. The Balaban J connectivity index is 4.37. The van der Waals surface area contributed by atoms with Crippen molar-refractivity contribution in [3.05, 3.63) is 0 Å². The normalized spacial score (nSPS) is 12.0. The highest BCUT2D eigenvalue weighted by molar-refractivity contribution is 5.84. The Morgan fingerprint density at radius 3 is 1.10 bits per heavy atom. The summed E-state index contributed by atoms with van der Waals surface area (Å²) in [5.41, 5.74) is 0. The molecule has 0 heterocycles. The van der Waals surface area contributed by atoms with E-state index in [1.54, 1.807) is 0 Å². The standard InChI is InChI=1S/C32H58N4O16/c1-3-45-13-15-47-17-19-49-21-23-51-29(41)25(7-9-27(37)38)35-31(43)33-11-5-6-12-34-32(44)36-26(8-10-28(39)40)30(42)52-24-22-50-20-18-48-16-14-46-4-2/h25-26H,3-24H2,1-2H3,(H,37,38)(H,39,40)(H2,33,35,43)(H2,34,36,44)/t25-,26-/m0/s1. The van der Waals surface area contributed by atoms with Crippen molar-refractivity contribution >= 4 is 35.9 Å². The van der Waals surface area contributed by atoms with Gasteiger partial charge in [0.25, 0.3) is 0 Å². The number of carbonyl (C=O) groups excluding carboxylic acids is 4. The summed E-state index contributed by atoms with van der Waals surface area (Å²) >= 11 is 0. The lowest BCUT2D eigenvalue weighted by Crippen LogP contribution is -2.47. The van der Waals surface area contributed by atoms with E-state index in [4.69, 9.17) is 48.1 Å². The van der Waals surface area contributed by atoms with E-state index in [1.807, 2.05) is 13.8 Å². The minimum atomic E-state index is -1.20. The van der Waals surface area contributed by atoms with E-state index in [0.29, 0.717) is 65.7 Å². The van der Waals surface area contributed by atoms with Crippen LogP contribution in [-0.2, 0) is 57.1 Å². The van der Waals surface area contributed by atoms with E-state index in [0.717, 1.165) is 0 Å². The molecule has 0 aromatic rings. The summed E-state index contributed by atoms with van der Waals surface area (Å²) in [5.74, 6) is -3.91. The predicted molar refractivity (Wildman–Crippen MR) is 182 cm³/mol. The fraction of sp³-hybridized carbons (Fsp3) is 0.812. The van der Waals surface area contributed by atoms with Gasteiger partial charge in [0.1, 0.15) is 25.3 Å². The van der Waals surface area contributed by atoms with Crippen LogP contribution in [0.1, 0.15) is 52.4 Å².